The van der Waals surface area contributed by atoms with Crippen LogP contribution >= 0.6 is 0 Å². The predicted molar refractivity (Wildman–Crippen MR) is 220 cm³/mol. The Morgan fingerprint density at radius 2 is 0.529 bits per heavy atom. The Morgan fingerprint density at radius 1 is 0.235 bits per heavy atom. The lowest BCUT2D eigenvalue weighted by atomic mass is 9.84. The summed E-state index contributed by atoms with van der Waals surface area (Å²) < 4.78 is 0. The van der Waals surface area contributed by atoms with Crippen LogP contribution in [-0.2, 0) is 0 Å². The molecule has 0 fully saturated rings. The molecule has 0 aliphatic rings. The first-order valence-corrected chi connectivity index (χ1v) is 17.8. The van der Waals surface area contributed by atoms with Gasteiger partial charge in [0, 0.05) is 0 Å². The summed E-state index contributed by atoms with van der Waals surface area (Å²) in [5.74, 6) is 0. The molecule has 10 aromatic carbocycles. The monoisotopic (exact) mass is 646 g/mol. The van der Waals surface area contributed by atoms with E-state index in [1.807, 2.05) is 0 Å². The van der Waals surface area contributed by atoms with Crippen molar-refractivity contribution >= 4 is 53.9 Å². The molecule has 0 heterocycles. The van der Waals surface area contributed by atoms with E-state index < -0.39 is 0 Å². The zero-order chi connectivity index (χ0) is 33.9. The molecule has 0 heteroatoms. The van der Waals surface area contributed by atoms with Crippen LogP contribution in [0.1, 0.15) is 5.56 Å². The first-order chi connectivity index (χ1) is 25.2. The predicted octanol–water partition coefficient (Wildman–Crippen LogP) is 14.4. The van der Waals surface area contributed by atoms with E-state index >= 15 is 0 Å². The Morgan fingerprint density at radius 3 is 0.941 bits per heavy atom. The van der Waals surface area contributed by atoms with E-state index in [4.69, 9.17) is 0 Å². The summed E-state index contributed by atoms with van der Waals surface area (Å²) in [4.78, 5) is 0. The fourth-order valence-electron chi connectivity index (χ4n) is 8.43. The van der Waals surface area contributed by atoms with Crippen LogP contribution in [0.4, 0.5) is 0 Å². The second-order valence-corrected chi connectivity index (χ2v) is 13.7. The van der Waals surface area contributed by atoms with Gasteiger partial charge in [0.15, 0.2) is 0 Å². The molecule has 0 saturated carbocycles. The van der Waals surface area contributed by atoms with Gasteiger partial charge in [-0.3, -0.25) is 0 Å². The number of rotatable bonds is 4. The summed E-state index contributed by atoms with van der Waals surface area (Å²) in [7, 11) is 0. The zero-order valence-corrected chi connectivity index (χ0v) is 28.4. The third kappa shape index (κ3) is 4.76. The lowest BCUT2D eigenvalue weighted by molar-refractivity contribution is 1.51. The minimum atomic E-state index is 1.22. The Bertz CT molecular complexity index is 2830. The Labute approximate surface area is 297 Å². The molecule has 0 atom stereocenters. The van der Waals surface area contributed by atoms with Gasteiger partial charge in [0.25, 0.3) is 0 Å². The normalized spacial score (nSPS) is 11.6. The molecule has 0 aliphatic carbocycles. The number of hydrogen-bond acceptors (Lipinski definition) is 0. The summed E-state index contributed by atoms with van der Waals surface area (Å²) in [5, 5.41) is 12.7. The van der Waals surface area contributed by atoms with Gasteiger partial charge in [0.2, 0.25) is 0 Å². The van der Waals surface area contributed by atoms with E-state index in [2.05, 4.69) is 195 Å². The molecule has 51 heavy (non-hydrogen) atoms. The van der Waals surface area contributed by atoms with Gasteiger partial charge in [-0.05, 0) is 111 Å². The molecule has 0 nitrogen and oxygen atoms in total. The van der Waals surface area contributed by atoms with Gasteiger partial charge in [-0.1, -0.05) is 188 Å². The topological polar surface area (TPSA) is 0 Å². The van der Waals surface area contributed by atoms with Gasteiger partial charge in [-0.2, -0.15) is 0 Å². The highest BCUT2D eigenvalue weighted by molar-refractivity contribution is 6.23. The standard InChI is InChI=1S/C51H34/c1-33-23-24-38-32-39(30-29-37(38)31-33)51-46-21-11-9-19-44(46)50(45-20-10-12-22-47(45)51)36-27-25-35(26-28-36)49-42-17-7-5-15-40(42)48(34-13-3-2-4-14-34)41-16-6-8-18-43(41)49/h2-32H,1H3. The van der Waals surface area contributed by atoms with E-state index in [-0.39, 0.29) is 0 Å². The first kappa shape index (κ1) is 29.4. The van der Waals surface area contributed by atoms with Crippen molar-refractivity contribution in [3.63, 3.8) is 0 Å². The highest BCUT2D eigenvalue weighted by atomic mass is 14.2. The third-order valence-corrected chi connectivity index (χ3v) is 10.7. The SMILES string of the molecule is Cc1ccc2cc(-c3c4ccccc4c(-c4ccc(-c5c6ccccc6c(-c6ccccc6)c6ccccc56)cc4)c4ccccc34)ccc2c1. The van der Waals surface area contributed by atoms with Crippen molar-refractivity contribution in [1.29, 1.82) is 0 Å². The van der Waals surface area contributed by atoms with Crippen LogP contribution in [0.15, 0.2) is 188 Å². The summed E-state index contributed by atoms with van der Waals surface area (Å²) in [6.07, 6.45) is 0. The number of fused-ring (bicyclic) bond motifs is 5. The minimum Gasteiger partial charge on any atom is -0.0622 e. The van der Waals surface area contributed by atoms with Gasteiger partial charge in [0.05, 0.1) is 0 Å². The number of aryl methyl sites for hydroxylation is 1. The molecular weight excluding hydrogens is 613 g/mol. The number of benzene rings is 10. The molecule has 0 unspecified atom stereocenters. The highest BCUT2D eigenvalue weighted by Crippen LogP contribution is 2.46. The first-order valence-electron chi connectivity index (χ1n) is 17.8. The number of hydrogen-bond donors (Lipinski definition) is 0. The van der Waals surface area contributed by atoms with Crippen molar-refractivity contribution in [2.24, 2.45) is 0 Å². The minimum absolute atomic E-state index is 1.22. The molecular formula is C51H34. The van der Waals surface area contributed by atoms with Crippen LogP contribution in [0.2, 0.25) is 0 Å². The lowest BCUT2D eigenvalue weighted by Crippen LogP contribution is -1.92. The van der Waals surface area contributed by atoms with Crippen molar-refractivity contribution < 1.29 is 0 Å². The molecule has 0 radical (unpaired) electrons. The van der Waals surface area contributed by atoms with Crippen LogP contribution in [0.25, 0.3) is 98.4 Å². The van der Waals surface area contributed by atoms with E-state index in [1.54, 1.807) is 0 Å². The Hall–Kier alpha value is -6.50. The largest absolute Gasteiger partial charge is 0.0622 e. The van der Waals surface area contributed by atoms with Crippen LogP contribution in [0.5, 0.6) is 0 Å². The molecule has 10 rings (SSSR count). The van der Waals surface area contributed by atoms with Crippen molar-refractivity contribution in [1.82, 2.24) is 0 Å². The second kappa shape index (κ2) is 11.8. The summed E-state index contributed by atoms with van der Waals surface area (Å²) in [6.45, 7) is 2.16. The van der Waals surface area contributed by atoms with Gasteiger partial charge < -0.3 is 0 Å². The molecule has 238 valence electrons. The van der Waals surface area contributed by atoms with Gasteiger partial charge in [0.1, 0.15) is 0 Å². The van der Waals surface area contributed by atoms with Crippen molar-refractivity contribution in [2.45, 2.75) is 6.92 Å². The Kier molecular flexibility index (Phi) is 6.82. The van der Waals surface area contributed by atoms with Crippen molar-refractivity contribution in [2.75, 3.05) is 0 Å². The fraction of sp³-hybridized carbons (Fsp3) is 0.0196. The summed E-state index contributed by atoms with van der Waals surface area (Å²) >= 11 is 0. The summed E-state index contributed by atoms with van der Waals surface area (Å²) in [5.41, 5.74) is 11.4. The molecule has 0 aliphatic heterocycles. The lowest BCUT2D eigenvalue weighted by Gasteiger charge is -2.19. The average Bonchev–Trinajstić information content (AvgIpc) is 3.19. The fourth-order valence-corrected chi connectivity index (χ4v) is 8.43. The van der Waals surface area contributed by atoms with E-state index in [0.717, 1.165) is 0 Å². The molecule has 0 N–H and O–H groups in total. The maximum atomic E-state index is 2.36. The molecule has 0 bridgehead atoms. The smallest absolute Gasteiger partial charge is 0.00262 e. The van der Waals surface area contributed by atoms with Gasteiger partial charge in [-0.25, -0.2) is 0 Å². The molecule has 0 amide bonds. The molecule has 0 spiro atoms. The van der Waals surface area contributed by atoms with E-state index in [0.29, 0.717) is 0 Å². The van der Waals surface area contributed by atoms with E-state index in [1.165, 1.54) is 104 Å². The average molecular weight is 647 g/mol. The maximum Gasteiger partial charge on any atom is -0.00262 e. The quantitative estimate of drug-likeness (QED) is 0.167. The van der Waals surface area contributed by atoms with Crippen LogP contribution in [-0.4, -0.2) is 0 Å². The summed E-state index contributed by atoms with van der Waals surface area (Å²) in [6, 6.07) is 69.4. The van der Waals surface area contributed by atoms with Crippen LogP contribution in [0.3, 0.4) is 0 Å². The zero-order valence-electron chi connectivity index (χ0n) is 28.4. The molecule has 10 aromatic rings. The molecule has 0 aromatic heterocycles. The third-order valence-electron chi connectivity index (χ3n) is 10.7. The van der Waals surface area contributed by atoms with Crippen molar-refractivity contribution in [3.05, 3.63) is 194 Å². The highest BCUT2D eigenvalue weighted by Gasteiger charge is 2.19. The van der Waals surface area contributed by atoms with Crippen molar-refractivity contribution in [3.8, 4) is 44.5 Å². The second-order valence-electron chi connectivity index (χ2n) is 13.7. The van der Waals surface area contributed by atoms with Gasteiger partial charge in [-0.15, -0.1) is 0 Å². The van der Waals surface area contributed by atoms with Crippen LogP contribution < -0.4 is 0 Å². The maximum absolute atomic E-state index is 2.36. The Balaban J connectivity index is 1.18. The van der Waals surface area contributed by atoms with Crippen LogP contribution in [0, 0.1) is 6.92 Å². The van der Waals surface area contributed by atoms with Gasteiger partial charge >= 0.3 is 0 Å². The molecule has 0 saturated heterocycles. The van der Waals surface area contributed by atoms with E-state index in [9.17, 15) is 0 Å².